The Kier molecular flexibility index (Phi) is 4.32. The standard InChI is InChI=1S/C15H22N4/c1-11(2)16-8-15-17-10-19(18-15)9-14-7-12(3)5-6-13(14)4/h5-7,10-11,16H,8-9H2,1-4H3. The summed E-state index contributed by atoms with van der Waals surface area (Å²) in [7, 11) is 0. The van der Waals surface area contributed by atoms with E-state index in [0.29, 0.717) is 6.04 Å². The van der Waals surface area contributed by atoms with Crippen LogP contribution in [0.25, 0.3) is 0 Å². The van der Waals surface area contributed by atoms with Gasteiger partial charge in [-0.2, -0.15) is 5.10 Å². The van der Waals surface area contributed by atoms with Crippen LogP contribution < -0.4 is 5.32 Å². The monoisotopic (exact) mass is 258 g/mol. The van der Waals surface area contributed by atoms with E-state index in [9.17, 15) is 0 Å². The first-order chi connectivity index (χ1) is 9.04. The largest absolute Gasteiger partial charge is 0.308 e. The van der Waals surface area contributed by atoms with Crippen LogP contribution in [0.2, 0.25) is 0 Å². The van der Waals surface area contributed by atoms with E-state index < -0.39 is 0 Å². The van der Waals surface area contributed by atoms with Crippen LogP contribution in [-0.2, 0) is 13.1 Å². The Labute approximate surface area is 114 Å². The van der Waals surface area contributed by atoms with Gasteiger partial charge in [0.25, 0.3) is 0 Å². The van der Waals surface area contributed by atoms with Crippen molar-refractivity contribution in [2.45, 2.75) is 46.8 Å². The molecule has 2 rings (SSSR count). The number of rotatable bonds is 5. The lowest BCUT2D eigenvalue weighted by Gasteiger charge is -2.07. The van der Waals surface area contributed by atoms with E-state index in [-0.39, 0.29) is 0 Å². The Morgan fingerprint density at radius 2 is 2.05 bits per heavy atom. The van der Waals surface area contributed by atoms with Crippen molar-refractivity contribution in [1.29, 1.82) is 0 Å². The Bertz CT molecular complexity index is 543. The van der Waals surface area contributed by atoms with Gasteiger partial charge in [-0.15, -0.1) is 0 Å². The predicted octanol–water partition coefficient (Wildman–Crippen LogP) is 2.44. The molecule has 2 aromatic rings. The first-order valence-electron chi connectivity index (χ1n) is 6.72. The van der Waals surface area contributed by atoms with Crippen molar-refractivity contribution in [2.75, 3.05) is 0 Å². The Morgan fingerprint density at radius 3 is 2.79 bits per heavy atom. The van der Waals surface area contributed by atoms with Gasteiger partial charge >= 0.3 is 0 Å². The molecule has 0 amide bonds. The van der Waals surface area contributed by atoms with Gasteiger partial charge in [0.05, 0.1) is 13.1 Å². The minimum atomic E-state index is 0.450. The van der Waals surface area contributed by atoms with Gasteiger partial charge in [0.1, 0.15) is 6.33 Å². The second kappa shape index (κ2) is 5.97. The van der Waals surface area contributed by atoms with E-state index in [2.05, 4.69) is 61.3 Å². The van der Waals surface area contributed by atoms with Gasteiger partial charge in [-0.05, 0) is 25.0 Å². The lowest BCUT2D eigenvalue weighted by atomic mass is 10.1. The average molecular weight is 258 g/mol. The lowest BCUT2D eigenvalue weighted by molar-refractivity contribution is 0.565. The zero-order valence-corrected chi connectivity index (χ0v) is 12.1. The van der Waals surface area contributed by atoms with Crippen LogP contribution >= 0.6 is 0 Å². The van der Waals surface area contributed by atoms with Gasteiger partial charge < -0.3 is 5.32 Å². The lowest BCUT2D eigenvalue weighted by Crippen LogP contribution is -2.22. The summed E-state index contributed by atoms with van der Waals surface area (Å²) in [5, 5.41) is 7.81. The maximum Gasteiger partial charge on any atom is 0.164 e. The van der Waals surface area contributed by atoms with Crippen molar-refractivity contribution in [2.24, 2.45) is 0 Å². The summed E-state index contributed by atoms with van der Waals surface area (Å²) in [6.07, 6.45) is 1.80. The van der Waals surface area contributed by atoms with Gasteiger partial charge in [0.15, 0.2) is 5.82 Å². The van der Waals surface area contributed by atoms with Crippen molar-refractivity contribution in [3.63, 3.8) is 0 Å². The molecule has 0 saturated heterocycles. The van der Waals surface area contributed by atoms with E-state index in [0.717, 1.165) is 18.9 Å². The average Bonchev–Trinajstić information content (AvgIpc) is 2.79. The van der Waals surface area contributed by atoms with Crippen molar-refractivity contribution >= 4 is 0 Å². The fourth-order valence-corrected chi connectivity index (χ4v) is 1.93. The van der Waals surface area contributed by atoms with Crippen molar-refractivity contribution in [3.05, 3.63) is 47.0 Å². The van der Waals surface area contributed by atoms with Crippen LogP contribution in [0.5, 0.6) is 0 Å². The number of nitrogens with one attached hydrogen (secondary N) is 1. The fourth-order valence-electron chi connectivity index (χ4n) is 1.93. The SMILES string of the molecule is Cc1ccc(C)c(Cn2cnc(CNC(C)C)n2)c1. The number of nitrogens with zero attached hydrogens (tertiary/aromatic N) is 3. The van der Waals surface area contributed by atoms with Crippen LogP contribution in [0.1, 0.15) is 36.4 Å². The van der Waals surface area contributed by atoms with Crippen molar-refractivity contribution in [1.82, 2.24) is 20.1 Å². The molecule has 0 aliphatic heterocycles. The van der Waals surface area contributed by atoms with Crippen molar-refractivity contribution in [3.8, 4) is 0 Å². The maximum atomic E-state index is 4.49. The van der Waals surface area contributed by atoms with E-state index >= 15 is 0 Å². The predicted molar refractivity (Wildman–Crippen MR) is 77.0 cm³/mol. The molecule has 1 heterocycles. The molecule has 0 aliphatic carbocycles. The third kappa shape index (κ3) is 3.89. The molecule has 102 valence electrons. The minimum Gasteiger partial charge on any atom is -0.308 e. The van der Waals surface area contributed by atoms with E-state index in [1.807, 2.05) is 4.68 Å². The molecule has 0 saturated carbocycles. The number of hydrogen-bond acceptors (Lipinski definition) is 3. The third-order valence-corrected chi connectivity index (χ3v) is 3.09. The highest BCUT2D eigenvalue weighted by molar-refractivity contribution is 5.30. The summed E-state index contributed by atoms with van der Waals surface area (Å²) >= 11 is 0. The number of aromatic nitrogens is 3. The van der Waals surface area contributed by atoms with Crippen LogP contribution in [0.4, 0.5) is 0 Å². The Morgan fingerprint density at radius 1 is 1.26 bits per heavy atom. The highest BCUT2D eigenvalue weighted by atomic mass is 15.3. The van der Waals surface area contributed by atoms with Crippen LogP contribution in [0, 0.1) is 13.8 Å². The molecule has 19 heavy (non-hydrogen) atoms. The molecular formula is C15H22N4. The van der Waals surface area contributed by atoms with Crippen molar-refractivity contribution < 1.29 is 0 Å². The molecule has 4 nitrogen and oxygen atoms in total. The molecule has 0 aliphatic rings. The molecule has 0 radical (unpaired) electrons. The quantitative estimate of drug-likeness (QED) is 0.895. The fraction of sp³-hybridized carbons (Fsp3) is 0.467. The van der Waals surface area contributed by atoms with Gasteiger partial charge in [-0.3, -0.25) is 0 Å². The first-order valence-corrected chi connectivity index (χ1v) is 6.72. The van der Waals surface area contributed by atoms with E-state index in [4.69, 9.17) is 0 Å². The zero-order valence-electron chi connectivity index (χ0n) is 12.1. The van der Waals surface area contributed by atoms with E-state index in [1.54, 1.807) is 6.33 Å². The molecule has 0 bridgehead atoms. The molecular weight excluding hydrogens is 236 g/mol. The number of benzene rings is 1. The summed E-state index contributed by atoms with van der Waals surface area (Å²) in [5.74, 6) is 0.846. The maximum absolute atomic E-state index is 4.49. The first kappa shape index (κ1) is 13.7. The molecule has 0 atom stereocenters. The normalized spacial score (nSPS) is 11.2. The topological polar surface area (TPSA) is 42.7 Å². The molecule has 1 aromatic carbocycles. The molecule has 4 heteroatoms. The smallest absolute Gasteiger partial charge is 0.164 e. The summed E-state index contributed by atoms with van der Waals surface area (Å²) < 4.78 is 1.90. The number of hydrogen-bond donors (Lipinski definition) is 1. The molecule has 1 aromatic heterocycles. The summed E-state index contributed by atoms with van der Waals surface area (Å²) in [6.45, 7) is 9.98. The van der Waals surface area contributed by atoms with Gasteiger partial charge in [0, 0.05) is 6.04 Å². The summed E-state index contributed by atoms with van der Waals surface area (Å²) in [4.78, 5) is 4.33. The zero-order chi connectivity index (χ0) is 13.8. The third-order valence-electron chi connectivity index (χ3n) is 3.09. The second-order valence-corrected chi connectivity index (χ2v) is 5.32. The summed E-state index contributed by atoms with van der Waals surface area (Å²) in [5.41, 5.74) is 3.87. The van der Waals surface area contributed by atoms with Gasteiger partial charge in [0.2, 0.25) is 0 Å². The molecule has 0 spiro atoms. The van der Waals surface area contributed by atoms with E-state index in [1.165, 1.54) is 16.7 Å². The molecule has 0 unspecified atom stereocenters. The highest BCUT2D eigenvalue weighted by Crippen LogP contribution is 2.11. The Balaban J connectivity index is 2.05. The molecule has 1 N–H and O–H groups in total. The van der Waals surface area contributed by atoms with Gasteiger partial charge in [-0.25, -0.2) is 9.67 Å². The summed E-state index contributed by atoms with van der Waals surface area (Å²) in [6, 6.07) is 6.95. The minimum absolute atomic E-state index is 0.450. The highest BCUT2D eigenvalue weighted by Gasteiger charge is 2.04. The number of aryl methyl sites for hydroxylation is 2. The second-order valence-electron chi connectivity index (χ2n) is 5.32. The van der Waals surface area contributed by atoms with Crippen LogP contribution in [0.3, 0.4) is 0 Å². The van der Waals surface area contributed by atoms with Crippen LogP contribution in [0.15, 0.2) is 24.5 Å². The van der Waals surface area contributed by atoms with Crippen LogP contribution in [-0.4, -0.2) is 20.8 Å². The molecule has 0 fully saturated rings. The Hall–Kier alpha value is -1.68. The van der Waals surface area contributed by atoms with Gasteiger partial charge in [-0.1, -0.05) is 37.6 Å².